The number of fused-ring (bicyclic) bond motifs is 1. The van der Waals surface area contributed by atoms with E-state index in [1.165, 1.54) is 25.4 Å². The molecule has 1 saturated heterocycles. The fourth-order valence-electron chi connectivity index (χ4n) is 5.21. The molecule has 204 valence electrons. The Hall–Kier alpha value is -3.37. The normalized spacial score (nSPS) is 16.3. The maximum atomic E-state index is 13.8. The third kappa shape index (κ3) is 6.19. The number of aliphatic hydroxyl groups excluding tert-OH is 1. The zero-order valence-corrected chi connectivity index (χ0v) is 21.2. The van der Waals surface area contributed by atoms with Crippen LogP contribution in [0.2, 0.25) is 0 Å². The van der Waals surface area contributed by atoms with Gasteiger partial charge in [0.15, 0.2) is 0 Å². The molecule has 2 aromatic carbocycles. The number of alkyl halides is 1. The molecule has 1 aliphatic heterocycles. The third-order valence-electron chi connectivity index (χ3n) is 7.46. The number of ether oxygens (including phenoxy) is 1. The maximum Gasteiger partial charge on any atom is 0.309 e. The van der Waals surface area contributed by atoms with E-state index in [1.807, 2.05) is 0 Å². The molecule has 1 fully saturated rings. The predicted molar refractivity (Wildman–Crippen MR) is 138 cm³/mol. The van der Waals surface area contributed by atoms with Gasteiger partial charge in [-0.3, -0.25) is 9.78 Å². The van der Waals surface area contributed by atoms with E-state index in [4.69, 9.17) is 4.74 Å². The molecule has 10 heteroatoms. The molecule has 1 atom stereocenters. The van der Waals surface area contributed by atoms with Gasteiger partial charge < -0.3 is 25.2 Å². The van der Waals surface area contributed by atoms with E-state index in [0.29, 0.717) is 66.9 Å². The van der Waals surface area contributed by atoms with Crippen molar-refractivity contribution in [1.29, 1.82) is 0 Å². The van der Waals surface area contributed by atoms with Gasteiger partial charge in [-0.2, -0.15) is 0 Å². The van der Waals surface area contributed by atoms with Gasteiger partial charge >= 0.3 is 5.97 Å². The lowest BCUT2D eigenvalue weighted by molar-refractivity contribution is -0.153. The van der Waals surface area contributed by atoms with E-state index in [-0.39, 0.29) is 18.4 Å². The highest BCUT2D eigenvalue weighted by molar-refractivity contribution is 5.85. The minimum atomic E-state index is -1.07. The van der Waals surface area contributed by atoms with Crippen LogP contribution < -0.4 is 10.1 Å². The first kappa shape index (κ1) is 27.7. The van der Waals surface area contributed by atoms with Crippen LogP contribution in [0.1, 0.15) is 42.9 Å². The van der Waals surface area contributed by atoms with Crippen LogP contribution in [0.3, 0.4) is 0 Å². The summed E-state index contributed by atoms with van der Waals surface area (Å²) in [6, 6.07) is 8.43. The number of nitrogens with one attached hydrogen (secondary N) is 1. The van der Waals surface area contributed by atoms with Crippen molar-refractivity contribution >= 4 is 22.6 Å². The largest absolute Gasteiger partial charge is 0.497 e. The van der Waals surface area contributed by atoms with Crippen LogP contribution in [0.4, 0.5) is 18.9 Å². The molecular weight excluding hydrogens is 499 g/mol. The second-order valence-corrected chi connectivity index (χ2v) is 9.78. The number of hydrogen-bond donors (Lipinski definition) is 3. The van der Waals surface area contributed by atoms with Crippen molar-refractivity contribution < 1.29 is 32.9 Å². The molecule has 3 aromatic rings. The zero-order chi connectivity index (χ0) is 27.3. The van der Waals surface area contributed by atoms with Gasteiger partial charge in [-0.05, 0) is 74.7 Å². The molecule has 0 aliphatic carbocycles. The van der Waals surface area contributed by atoms with Crippen molar-refractivity contribution in [2.45, 2.75) is 38.5 Å². The number of carboxylic acid groups (broad SMARTS) is 1. The molecule has 4 rings (SSSR count). The Kier molecular flexibility index (Phi) is 8.73. The fraction of sp³-hybridized carbons (Fsp3) is 0.429. The van der Waals surface area contributed by atoms with Crippen LogP contribution >= 0.6 is 0 Å². The Bertz CT molecular complexity index is 1260. The number of nitrogens with zero attached hydrogens (tertiary/aromatic N) is 2. The van der Waals surface area contributed by atoms with Crippen LogP contribution in [-0.2, 0) is 11.5 Å². The number of aliphatic hydroxyl groups is 1. The number of carboxylic acids is 1. The maximum absolute atomic E-state index is 13.8. The molecule has 38 heavy (non-hydrogen) atoms. The summed E-state index contributed by atoms with van der Waals surface area (Å²) in [4.78, 5) is 18.7. The van der Waals surface area contributed by atoms with Crippen LogP contribution in [-0.4, -0.2) is 59.4 Å². The van der Waals surface area contributed by atoms with Crippen LogP contribution in [0.25, 0.3) is 10.9 Å². The average Bonchev–Trinajstić information content (AvgIpc) is 2.90. The fourth-order valence-corrected chi connectivity index (χ4v) is 5.21. The molecule has 0 unspecified atom stereocenters. The number of methoxy groups -OCH3 is 1. The summed E-state index contributed by atoms with van der Waals surface area (Å²) in [6.07, 6.45) is 1.52. The van der Waals surface area contributed by atoms with Crippen molar-refractivity contribution in [3.05, 3.63) is 65.4 Å². The summed E-state index contributed by atoms with van der Waals surface area (Å²) >= 11 is 0. The van der Waals surface area contributed by atoms with Crippen molar-refractivity contribution in [1.82, 2.24) is 9.88 Å². The highest BCUT2D eigenvalue weighted by atomic mass is 19.1. The number of likely N-dealkylation sites (tertiary alicyclic amines) is 1. The first-order chi connectivity index (χ1) is 18.2. The van der Waals surface area contributed by atoms with Crippen molar-refractivity contribution in [3.8, 4) is 5.75 Å². The Balaban J connectivity index is 1.39. The van der Waals surface area contributed by atoms with Gasteiger partial charge in [0.25, 0.3) is 0 Å². The van der Waals surface area contributed by atoms with Crippen LogP contribution in [0, 0.1) is 17.0 Å². The van der Waals surface area contributed by atoms with Crippen molar-refractivity contribution in [2.75, 3.05) is 38.6 Å². The number of carbonyl (C=O) groups is 1. The highest BCUT2D eigenvalue weighted by Gasteiger charge is 2.41. The van der Waals surface area contributed by atoms with Crippen molar-refractivity contribution in [2.24, 2.45) is 5.41 Å². The number of aromatic nitrogens is 1. The third-order valence-corrected chi connectivity index (χ3v) is 7.46. The summed E-state index contributed by atoms with van der Waals surface area (Å²) in [6.45, 7) is 1.30. The first-order valence-corrected chi connectivity index (χ1v) is 12.6. The van der Waals surface area contributed by atoms with Crippen molar-refractivity contribution in [3.63, 3.8) is 0 Å². The first-order valence-electron chi connectivity index (χ1n) is 12.6. The van der Waals surface area contributed by atoms with E-state index in [1.54, 1.807) is 18.2 Å². The minimum Gasteiger partial charge on any atom is -0.497 e. The zero-order valence-electron chi connectivity index (χ0n) is 21.2. The summed E-state index contributed by atoms with van der Waals surface area (Å²) in [5, 5.41) is 24.8. The van der Waals surface area contributed by atoms with Gasteiger partial charge in [-0.1, -0.05) is 0 Å². The van der Waals surface area contributed by atoms with E-state index >= 15 is 0 Å². The Labute approximate surface area is 219 Å². The van der Waals surface area contributed by atoms with Gasteiger partial charge in [0.05, 0.1) is 24.1 Å². The number of benzene rings is 2. The number of piperidine rings is 1. The van der Waals surface area contributed by atoms with Gasteiger partial charge in [-0.15, -0.1) is 0 Å². The SMILES string of the molecule is COc1ccc2ncc(CF)c([C@H](O)CCC3(C(=O)O)CCN(CCNc4cc(F)cc(F)c4)CC3)c2c1. The van der Waals surface area contributed by atoms with Crippen LogP contribution in [0.5, 0.6) is 5.75 Å². The smallest absolute Gasteiger partial charge is 0.309 e. The Morgan fingerprint density at radius 2 is 1.89 bits per heavy atom. The molecule has 0 radical (unpaired) electrons. The van der Waals surface area contributed by atoms with Gasteiger partial charge in [0.2, 0.25) is 0 Å². The molecule has 2 heterocycles. The molecule has 0 bridgehead atoms. The lowest BCUT2D eigenvalue weighted by Gasteiger charge is -2.39. The molecule has 0 saturated carbocycles. The molecule has 3 N–H and O–H groups in total. The van der Waals surface area contributed by atoms with E-state index in [0.717, 1.165) is 6.07 Å². The number of aliphatic carboxylic acids is 1. The molecule has 1 aliphatic rings. The van der Waals surface area contributed by atoms with Crippen LogP contribution in [0.15, 0.2) is 42.6 Å². The highest BCUT2D eigenvalue weighted by Crippen LogP contribution is 2.40. The molecule has 0 spiro atoms. The van der Waals surface area contributed by atoms with E-state index in [2.05, 4.69) is 15.2 Å². The molecule has 1 aromatic heterocycles. The number of rotatable bonds is 11. The summed E-state index contributed by atoms with van der Waals surface area (Å²) in [5.74, 6) is -1.67. The topological polar surface area (TPSA) is 94.9 Å². The standard InChI is InChI=1S/C28H32F3N3O4/c1-38-22-2-3-24-23(15-22)26(18(16-29)17-33-24)25(35)4-5-28(27(36)37)6-9-34(10-7-28)11-8-32-21-13-19(30)12-20(31)14-21/h2-3,12-15,17,25,32,35H,4-11,16H2,1H3,(H,36,37)/t25-/m1/s1. The summed E-state index contributed by atoms with van der Waals surface area (Å²) < 4.78 is 45.8. The summed E-state index contributed by atoms with van der Waals surface area (Å²) in [5.41, 5.74) is 0.611. The van der Waals surface area contributed by atoms with Gasteiger partial charge in [0.1, 0.15) is 24.1 Å². The minimum absolute atomic E-state index is 0.155. The Morgan fingerprint density at radius 1 is 1.18 bits per heavy atom. The lowest BCUT2D eigenvalue weighted by Crippen LogP contribution is -2.45. The van der Waals surface area contributed by atoms with E-state index in [9.17, 15) is 28.2 Å². The number of halogens is 3. The second-order valence-electron chi connectivity index (χ2n) is 9.78. The summed E-state index contributed by atoms with van der Waals surface area (Å²) in [7, 11) is 1.52. The molecule has 7 nitrogen and oxygen atoms in total. The quantitative estimate of drug-likeness (QED) is 0.318. The lowest BCUT2D eigenvalue weighted by atomic mass is 9.74. The average molecular weight is 532 g/mol. The number of hydrogen-bond acceptors (Lipinski definition) is 6. The number of anilines is 1. The molecule has 0 amide bonds. The second kappa shape index (κ2) is 12.0. The van der Waals surface area contributed by atoms with Gasteiger partial charge in [-0.25, -0.2) is 13.2 Å². The number of pyridine rings is 1. The Morgan fingerprint density at radius 3 is 2.53 bits per heavy atom. The molecular formula is C28H32F3N3O4. The van der Waals surface area contributed by atoms with E-state index < -0.39 is 35.8 Å². The van der Waals surface area contributed by atoms with Gasteiger partial charge in [0, 0.05) is 42.0 Å². The predicted octanol–water partition coefficient (Wildman–Crippen LogP) is 5.08. The monoisotopic (exact) mass is 531 g/mol.